The third-order valence-corrected chi connectivity index (χ3v) is 4.94. The molecule has 1 fully saturated rings. The van der Waals surface area contributed by atoms with Crippen LogP contribution in [-0.2, 0) is 4.79 Å². The highest BCUT2D eigenvalue weighted by Gasteiger charge is 2.09. The van der Waals surface area contributed by atoms with Crippen LogP contribution in [0.1, 0.15) is 5.56 Å². The first-order valence-electron chi connectivity index (χ1n) is 5.59. The topological polar surface area (TPSA) is 60.2 Å². The standard InChI is InChI=1S/C13H11NO3S2/c15-12(9-13-18-6-7-19-13)5-4-10-2-1-3-11(8-10)14(16)17/h1-5,8-9H,6-7H2/b5-4+. The summed E-state index contributed by atoms with van der Waals surface area (Å²) in [5, 5.41) is 10.6. The summed E-state index contributed by atoms with van der Waals surface area (Å²) in [6, 6.07) is 6.19. The Morgan fingerprint density at radius 1 is 1.32 bits per heavy atom. The summed E-state index contributed by atoms with van der Waals surface area (Å²) in [7, 11) is 0. The number of ketones is 1. The minimum absolute atomic E-state index is 0.0230. The van der Waals surface area contributed by atoms with E-state index in [0.29, 0.717) is 5.56 Å². The number of carbonyl (C=O) groups excluding carboxylic acids is 1. The highest BCUT2D eigenvalue weighted by atomic mass is 32.2. The summed E-state index contributed by atoms with van der Waals surface area (Å²) in [5.41, 5.74) is 0.669. The Kier molecular flexibility index (Phi) is 4.81. The number of rotatable bonds is 4. The van der Waals surface area contributed by atoms with Gasteiger partial charge in [-0.05, 0) is 11.6 Å². The lowest BCUT2D eigenvalue weighted by Gasteiger charge is -1.94. The van der Waals surface area contributed by atoms with Gasteiger partial charge in [0.1, 0.15) is 0 Å². The highest BCUT2D eigenvalue weighted by molar-refractivity contribution is 8.25. The maximum atomic E-state index is 11.7. The third-order valence-electron chi connectivity index (χ3n) is 2.35. The van der Waals surface area contributed by atoms with Crippen LogP contribution in [0.2, 0.25) is 0 Å². The van der Waals surface area contributed by atoms with Crippen molar-refractivity contribution < 1.29 is 9.72 Å². The van der Waals surface area contributed by atoms with Crippen LogP contribution >= 0.6 is 23.5 Å². The van der Waals surface area contributed by atoms with Crippen molar-refractivity contribution in [3.05, 3.63) is 56.3 Å². The van der Waals surface area contributed by atoms with Crippen molar-refractivity contribution in [1.29, 1.82) is 0 Å². The fraction of sp³-hybridized carbons (Fsp3) is 0.154. The van der Waals surface area contributed by atoms with Gasteiger partial charge in [0.25, 0.3) is 5.69 Å². The van der Waals surface area contributed by atoms with E-state index in [0.717, 1.165) is 15.7 Å². The van der Waals surface area contributed by atoms with Crippen LogP contribution < -0.4 is 0 Å². The molecule has 2 rings (SSSR count). The molecule has 0 atom stereocenters. The Hall–Kier alpha value is -1.53. The molecule has 0 spiro atoms. The van der Waals surface area contributed by atoms with Gasteiger partial charge in [-0.3, -0.25) is 14.9 Å². The Balaban J connectivity index is 2.05. The van der Waals surface area contributed by atoms with Gasteiger partial charge in [-0.2, -0.15) is 0 Å². The van der Waals surface area contributed by atoms with E-state index < -0.39 is 4.92 Å². The molecule has 0 aromatic heterocycles. The molecule has 98 valence electrons. The smallest absolute Gasteiger partial charge is 0.270 e. The first-order valence-corrected chi connectivity index (χ1v) is 7.56. The quantitative estimate of drug-likeness (QED) is 0.483. The average molecular weight is 293 g/mol. The van der Waals surface area contributed by atoms with Gasteiger partial charge in [-0.15, -0.1) is 23.5 Å². The second-order valence-corrected chi connectivity index (χ2v) is 6.28. The van der Waals surface area contributed by atoms with Gasteiger partial charge in [0.05, 0.1) is 4.92 Å². The molecule has 1 aliphatic heterocycles. The number of nitro groups is 1. The molecule has 1 aromatic rings. The Morgan fingerprint density at radius 2 is 2.05 bits per heavy atom. The minimum Gasteiger partial charge on any atom is -0.290 e. The molecule has 0 bridgehead atoms. The Labute approximate surface area is 119 Å². The Bertz CT molecular complexity index is 559. The molecule has 0 unspecified atom stereocenters. The van der Waals surface area contributed by atoms with E-state index in [1.807, 2.05) is 0 Å². The molecule has 0 N–H and O–H groups in total. The zero-order valence-electron chi connectivity index (χ0n) is 9.94. The largest absolute Gasteiger partial charge is 0.290 e. The lowest BCUT2D eigenvalue weighted by Crippen LogP contribution is -1.88. The number of benzene rings is 1. The van der Waals surface area contributed by atoms with Crippen LogP contribution in [0.25, 0.3) is 6.08 Å². The molecule has 0 radical (unpaired) electrons. The molecule has 0 amide bonds. The van der Waals surface area contributed by atoms with E-state index in [9.17, 15) is 14.9 Å². The van der Waals surface area contributed by atoms with Gasteiger partial charge >= 0.3 is 0 Å². The number of allylic oxidation sites excluding steroid dienone is 2. The van der Waals surface area contributed by atoms with Crippen molar-refractivity contribution in [1.82, 2.24) is 0 Å². The predicted molar refractivity (Wildman–Crippen MR) is 80.1 cm³/mol. The van der Waals surface area contributed by atoms with Crippen molar-refractivity contribution in [3.8, 4) is 0 Å². The van der Waals surface area contributed by atoms with Gasteiger partial charge in [-0.1, -0.05) is 18.2 Å². The van der Waals surface area contributed by atoms with Gasteiger partial charge in [0.15, 0.2) is 5.78 Å². The first kappa shape index (κ1) is 13.9. The molecule has 1 aromatic carbocycles. The van der Waals surface area contributed by atoms with Crippen molar-refractivity contribution in [2.75, 3.05) is 11.5 Å². The van der Waals surface area contributed by atoms with E-state index >= 15 is 0 Å². The maximum absolute atomic E-state index is 11.7. The van der Waals surface area contributed by atoms with Crippen LogP contribution in [0.15, 0.2) is 40.7 Å². The number of thioether (sulfide) groups is 2. The summed E-state index contributed by atoms with van der Waals surface area (Å²) in [6.07, 6.45) is 4.64. The van der Waals surface area contributed by atoms with Gasteiger partial charge in [0.2, 0.25) is 0 Å². The molecule has 1 saturated heterocycles. The molecule has 0 saturated carbocycles. The SMILES string of the molecule is O=C(C=C1SCCS1)/C=C/c1cccc([N+](=O)[O-])c1. The van der Waals surface area contributed by atoms with Crippen LogP contribution in [0, 0.1) is 10.1 Å². The van der Waals surface area contributed by atoms with E-state index in [4.69, 9.17) is 0 Å². The van der Waals surface area contributed by atoms with Crippen LogP contribution in [0.3, 0.4) is 0 Å². The van der Waals surface area contributed by atoms with Crippen LogP contribution in [0.5, 0.6) is 0 Å². The number of non-ortho nitro benzene ring substituents is 1. The van der Waals surface area contributed by atoms with Crippen molar-refractivity contribution in [2.24, 2.45) is 0 Å². The van der Waals surface area contributed by atoms with Gasteiger partial charge < -0.3 is 0 Å². The Morgan fingerprint density at radius 3 is 2.74 bits per heavy atom. The predicted octanol–water partition coefficient (Wildman–Crippen LogP) is 3.50. The lowest BCUT2D eigenvalue weighted by molar-refractivity contribution is -0.384. The number of nitrogens with zero attached hydrogens (tertiary/aromatic N) is 1. The summed E-state index contributed by atoms with van der Waals surface area (Å²) in [5.74, 6) is 1.99. The monoisotopic (exact) mass is 293 g/mol. The third kappa shape index (κ3) is 4.25. The summed E-state index contributed by atoms with van der Waals surface area (Å²) in [6.45, 7) is 0. The second-order valence-electron chi connectivity index (χ2n) is 3.75. The van der Waals surface area contributed by atoms with Crippen molar-refractivity contribution in [3.63, 3.8) is 0 Å². The molecule has 6 heteroatoms. The van der Waals surface area contributed by atoms with Crippen molar-refractivity contribution >= 4 is 41.1 Å². The first-order chi connectivity index (χ1) is 9.15. The molecule has 19 heavy (non-hydrogen) atoms. The number of carbonyl (C=O) groups is 1. The van der Waals surface area contributed by atoms with E-state index in [1.54, 1.807) is 47.8 Å². The zero-order valence-corrected chi connectivity index (χ0v) is 11.6. The molecular formula is C13H11NO3S2. The molecule has 1 aliphatic rings. The molecule has 4 nitrogen and oxygen atoms in total. The summed E-state index contributed by atoms with van der Waals surface area (Å²) in [4.78, 5) is 21.8. The molecule has 0 aliphatic carbocycles. The van der Waals surface area contributed by atoms with E-state index in [-0.39, 0.29) is 11.5 Å². The van der Waals surface area contributed by atoms with Crippen molar-refractivity contribution in [2.45, 2.75) is 0 Å². The summed E-state index contributed by atoms with van der Waals surface area (Å²) < 4.78 is 1.04. The number of hydrogen-bond donors (Lipinski definition) is 0. The second kappa shape index (κ2) is 6.58. The summed E-state index contributed by atoms with van der Waals surface area (Å²) >= 11 is 3.36. The number of hydrogen-bond acceptors (Lipinski definition) is 5. The minimum atomic E-state index is -0.451. The van der Waals surface area contributed by atoms with Gasteiger partial charge in [-0.25, -0.2) is 0 Å². The lowest BCUT2D eigenvalue weighted by atomic mass is 10.2. The maximum Gasteiger partial charge on any atom is 0.270 e. The fourth-order valence-electron chi connectivity index (χ4n) is 1.49. The van der Waals surface area contributed by atoms with E-state index in [2.05, 4.69) is 0 Å². The van der Waals surface area contributed by atoms with Crippen LogP contribution in [-0.4, -0.2) is 22.2 Å². The number of nitro benzene ring substituents is 1. The average Bonchev–Trinajstić information content (AvgIpc) is 2.89. The highest BCUT2D eigenvalue weighted by Crippen LogP contribution is 2.35. The molecule has 1 heterocycles. The fourth-order valence-corrected chi connectivity index (χ4v) is 3.80. The van der Waals surface area contributed by atoms with Crippen LogP contribution in [0.4, 0.5) is 5.69 Å². The molecular weight excluding hydrogens is 282 g/mol. The normalized spacial score (nSPS) is 14.8. The van der Waals surface area contributed by atoms with E-state index in [1.165, 1.54) is 18.2 Å². The zero-order chi connectivity index (χ0) is 13.7. The van der Waals surface area contributed by atoms with Gasteiger partial charge in [0, 0.05) is 34.0 Å².